The maximum Gasteiger partial charge on any atom is 0.331 e. The number of hydrogen-bond donors (Lipinski definition) is 0. The number of esters is 3. The van der Waals surface area contributed by atoms with Crippen molar-refractivity contribution in [3.05, 3.63) is 35.5 Å². The van der Waals surface area contributed by atoms with Crippen LogP contribution >= 0.6 is 0 Å². The molecule has 2 aliphatic carbocycles. The van der Waals surface area contributed by atoms with E-state index in [9.17, 15) is 14.4 Å². The highest BCUT2D eigenvalue weighted by atomic mass is 16.6. The second-order valence-electron chi connectivity index (χ2n) is 7.02. The first-order chi connectivity index (χ1) is 13.5. The molecule has 0 amide bonds. The Balaban J connectivity index is 2.42. The van der Waals surface area contributed by atoms with E-state index < -0.39 is 17.4 Å². The van der Waals surface area contributed by atoms with Crippen molar-refractivity contribution in [3.8, 4) is 0 Å². The standard InChI is InChI=1S/C22H30O6/c1-4-26-19(23)13-16-10-8-7-9-11-17-14-22(15-18(17)12-16,20(24)27-5-2)21(25)28-6-3/h9,11-13,17H,4-8,10,14-15H2,1-3H3/b11-9-,16-13+,18-12-/t17-/m0/s1. The summed E-state index contributed by atoms with van der Waals surface area (Å²) in [6.07, 6.45) is 10.6. The lowest BCUT2D eigenvalue weighted by Gasteiger charge is -2.24. The second-order valence-corrected chi connectivity index (χ2v) is 7.02. The van der Waals surface area contributed by atoms with E-state index in [0.717, 1.165) is 30.4 Å². The van der Waals surface area contributed by atoms with Crippen LogP contribution in [0.4, 0.5) is 0 Å². The zero-order valence-electron chi connectivity index (χ0n) is 17.0. The van der Waals surface area contributed by atoms with E-state index in [0.29, 0.717) is 13.0 Å². The lowest BCUT2D eigenvalue weighted by molar-refractivity contribution is -0.171. The summed E-state index contributed by atoms with van der Waals surface area (Å²) in [5.41, 5.74) is 0.460. The molecule has 1 saturated carbocycles. The molecule has 28 heavy (non-hydrogen) atoms. The number of rotatable bonds is 6. The molecule has 1 atom stereocenters. The van der Waals surface area contributed by atoms with Gasteiger partial charge in [0.25, 0.3) is 0 Å². The zero-order chi connectivity index (χ0) is 20.6. The van der Waals surface area contributed by atoms with Crippen LogP contribution in [0.5, 0.6) is 0 Å². The number of carbonyl (C=O) groups is 3. The molecule has 0 radical (unpaired) electrons. The van der Waals surface area contributed by atoms with Crippen molar-refractivity contribution < 1.29 is 28.6 Å². The number of fused-ring (bicyclic) bond motifs is 1. The first-order valence-corrected chi connectivity index (χ1v) is 10.1. The first kappa shape index (κ1) is 21.9. The van der Waals surface area contributed by atoms with Crippen molar-refractivity contribution in [3.63, 3.8) is 0 Å². The summed E-state index contributed by atoms with van der Waals surface area (Å²) < 4.78 is 15.5. The zero-order valence-corrected chi connectivity index (χ0v) is 17.0. The van der Waals surface area contributed by atoms with Gasteiger partial charge in [0.2, 0.25) is 0 Å². The Kier molecular flexibility index (Phi) is 8.03. The summed E-state index contributed by atoms with van der Waals surface area (Å²) in [6, 6.07) is 0. The van der Waals surface area contributed by atoms with Crippen LogP contribution in [0.25, 0.3) is 0 Å². The Morgan fingerprint density at radius 3 is 2.32 bits per heavy atom. The van der Waals surface area contributed by atoms with Crippen LogP contribution in [0.15, 0.2) is 35.5 Å². The summed E-state index contributed by atoms with van der Waals surface area (Å²) in [7, 11) is 0. The van der Waals surface area contributed by atoms with Gasteiger partial charge in [-0.1, -0.05) is 23.8 Å². The van der Waals surface area contributed by atoms with Crippen LogP contribution in [-0.4, -0.2) is 37.7 Å². The molecule has 6 nitrogen and oxygen atoms in total. The van der Waals surface area contributed by atoms with Gasteiger partial charge in [-0.2, -0.15) is 0 Å². The monoisotopic (exact) mass is 390 g/mol. The third kappa shape index (κ3) is 5.12. The molecule has 0 aromatic heterocycles. The van der Waals surface area contributed by atoms with Gasteiger partial charge in [-0.15, -0.1) is 0 Å². The molecule has 0 heterocycles. The summed E-state index contributed by atoms with van der Waals surface area (Å²) in [5, 5.41) is 0. The van der Waals surface area contributed by atoms with Crippen LogP contribution in [0, 0.1) is 11.3 Å². The predicted molar refractivity (Wildman–Crippen MR) is 104 cm³/mol. The van der Waals surface area contributed by atoms with Crippen LogP contribution in [0.2, 0.25) is 0 Å². The molecule has 0 aromatic carbocycles. The first-order valence-electron chi connectivity index (χ1n) is 10.1. The fraction of sp³-hybridized carbons (Fsp3) is 0.591. The molecule has 0 N–H and O–H groups in total. The third-order valence-corrected chi connectivity index (χ3v) is 5.05. The summed E-state index contributed by atoms with van der Waals surface area (Å²) in [4.78, 5) is 37.4. The fourth-order valence-electron chi connectivity index (χ4n) is 3.78. The van der Waals surface area contributed by atoms with Gasteiger partial charge < -0.3 is 14.2 Å². The molecule has 0 saturated heterocycles. The second kappa shape index (κ2) is 10.2. The molecule has 0 unspecified atom stereocenters. The van der Waals surface area contributed by atoms with E-state index in [-0.39, 0.29) is 31.5 Å². The molecular formula is C22H30O6. The van der Waals surface area contributed by atoms with Crippen molar-refractivity contribution in [1.82, 2.24) is 0 Å². The SMILES string of the molecule is CCOC(=O)/C=C1/C=C2/CC(C(=O)OCC)(C(=O)OCC)C[C@@H]2/C=C\CCC1. The average Bonchev–Trinajstić information content (AvgIpc) is 3.03. The smallest absolute Gasteiger partial charge is 0.331 e. The van der Waals surface area contributed by atoms with Gasteiger partial charge in [0.15, 0.2) is 5.41 Å². The Morgan fingerprint density at radius 2 is 1.71 bits per heavy atom. The van der Waals surface area contributed by atoms with Crippen LogP contribution < -0.4 is 0 Å². The molecule has 0 aliphatic heterocycles. The highest BCUT2D eigenvalue weighted by Gasteiger charge is 2.55. The van der Waals surface area contributed by atoms with E-state index >= 15 is 0 Å². The van der Waals surface area contributed by atoms with Gasteiger partial charge in [0.1, 0.15) is 0 Å². The molecule has 154 valence electrons. The summed E-state index contributed by atoms with van der Waals surface area (Å²) in [6.45, 7) is 5.93. The normalized spacial score (nSPS) is 25.3. The van der Waals surface area contributed by atoms with Crippen molar-refractivity contribution >= 4 is 17.9 Å². The molecule has 0 spiro atoms. The Bertz CT molecular complexity index is 667. The quantitative estimate of drug-likeness (QED) is 0.226. The third-order valence-electron chi connectivity index (χ3n) is 5.05. The number of ether oxygens (including phenoxy) is 3. The van der Waals surface area contributed by atoms with Crippen molar-refractivity contribution in [2.45, 2.75) is 52.9 Å². The van der Waals surface area contributed by atoms with E-state index in [1.165, 1.54) is 6.08 Å². The molecule has 1 fully saturated rings. The summed E-state index contributed by atoms with van der Waals surface area (Å²) >= 11 is 0. The average molecular weight is 390 g/mol. The molecule has 2 aliphatic rings. The molecular weight excluding hydrogens is 360 g/mol. The number of allylic oxidation sites excluding steroid dienone is 5. The highest BCUT2D eigenvalue weighted by molar-refractivity contribution is 6.01. The Hall–Kier alpha value is -2.37. The molecule has 0 bridgehead atoms. The highest BCUT2D eigenvalue weighted by Crippen LogP contribution is 2.48. The largest absolute Gasteiger partial charge is 0.465 e. The number of hydrogen-bond acceptors (Lipinski definition) is 6. The van der Waals surface area contributed by atoms with E-state index in [2.05, 4.69) is 12.2 Å². The van der Waals surface area contributed by atoms with Crippen molar-refractivity contribution in [2.75, 3.05) is 19.8 Å². The van der Waals surface area contributed by atoms with E-state index in [4.69, 9.17) is 14.2 Å². The van der Waals surface area contributed by atoms with E-state index in [1.54, 1.807) is 20.8 Å². The summed E-state index contributed by atoms with van der Waals surface area (Å²) in [5.74, 6) is -1.53. The van der Waals surface area contributed by atoms with Crippen LogP contribution in [-0.2, 0) is 28.6 Å². The maximum absolute atomic E-state index is 12.7. The van der Waals surface area contributed by atoms with Crippen LogP contribution in [0.1, 0.15) is 52.9 Å². The van der Waals surface area contributed by atoms with Crippen molar-refractivity contribution in [1.29, 1.82) is 0 Å². The van der Waals surface area contributed by atoms with Gasteiger partial charge in [-0.3, -0.25) is 9.59 Å². The van der Waals surface area contributed by atoms with Crippen molar-refractivity contribution in [2.24, 2.45) is 11.3 Å². The topological polar surface area (TPSA) is 78.9 Å². The van der Waals surface area contributed by atoms with Crippen LogP contribution in [0.3, 0.4) is 0 Å². The Morgan fingerprint density at radius 1 is 1.07 bits per heavy atom. The predicted octanol–water partition coefficient (Wildman–Crippen LogP) is 3.67. The number of carbonyl (C=O) groups excluding carboxylic acids is 3. The Labute approximate surface area is 166 Å². The maximum atomic E-state index is 12.7. The minimum absolute atomic E-state index is 0.0718. The molecule has 6 heteroatoms. The van der Waals surface area contributed by atoms with Gasteiger partial charge in [0.05, 0.1) is 19.8 Å². The minimum atomic E-state index is -1.33. The lowest BCUT2D eigenvalue weighted by Crippen LogP contribution is -2.40. The van der Waals surface area contributed by atoms with E-state index in [1.807, 2.05) is 6.08 Å². The fourth-order valence-corrected chi connectivity index (χ4v) is 3.78. The van der Waals surface area contributed by atoms with Gasteiger partial charge in [-0.05, 0) is 64.4 Å². The van der Waals surface area contributed by atoms with Gasteiger partial charge >= 0.3 is 17.9 Å². The minimum Gasteiger partial charge on any atom is -0.465 e. The van der Waals surface area contributed by atoms with Gasteiger partial charge in [0, 0.05) is 6.08 Å². The molecule has 2 rings (SSSR count). The van der Waals surface area contributed by atoms with Gasteiger partial charge in [-0.25, -0.2) is 4.79 Å². The molecule has 0 aromatic rings. The lowest BCUT2D eigenvalue weighted by atomic mass is 9.85.